The van der Waals surface area contributed by atoms with Gasteiger partial charge < -0.3 is 5.32 Å². The summed E-state index contributed by atoms with van der Waals surface area (Å²) in [5.74, 6) is -2.87. The largest absolute Gasteiger partial charge is 0.363 e. The summed E-state index contributed by atoms with van der Waals surface area (Å²) in [4.78, 5) is 9.22. The third-order valence-corrected chi connectivity index (χ3v) is 6.63. The molecule has 0 bridgehead atoms. The van der Waals surface area contributed by atoms with Crippen LogP contribution in [0.4, 0.5) is 19.0 Å². The second kappa shape index (κ2) is 8.41. The molecule has 164 valence electrons. The molecule has 1 aliphatic rings. The second-order valence-corrected chi connectivity index (χ2v) is 9.07. The maximum absolute atomic E-state index is 15.1. The first kappa shape index (κ1) is 22.1. The van der Waals surface area contributed by atoms with Gasteiger partial charge in [0.05, 0.1) is 17.1 Å². The van der Waals surface area contributed by atoms with E-state index in [0.29, 0.717) is 11.6 Å². The van der Waals surface area contributed by atoms with Crippen molar-refractivity contribution in [1.29, 1.82) is 0 Å². The Morgan fingerprint density at radius 2 is 1.94 bits per heavy atom. The molecular formula is C24H25BrF3N3. The van der Waals surface area contributed by atoms with Gasteiger partial charge in [-0.25, -0.2) is 23.1 Å². The lowest BCUT2D eigenvalue weighted by molar-refractivity contribution is -0.0175. The monoisotopic (exact) mass is 491 g/mol. The van der Waals surface area contributed by atoms with Gasteiger partial charge in [0.1, 0.15) is 17.5 Å². The fourth-order valence-electron chi connectivity index (χ4n) is 4.44. The Labute approximate surface area is 188 Å². The number of alkyl halides is 2. The van der Waals surface area contributed by atoms with Gasteiger partial charge in [-0.15, -0.1) is 0 Å². The minimum Gasteiger partial charge on any atom is -0.363 e. The van der Waals surface area contributed by atoms with Gasteiger partial charge in [0, 0.05) is 21.8 Å². The quantitative estimate of drug-likeness (QED) is 0.390. The van der Waals surface area contributed by atoms with E-state index in [2.05, 4.69) is 31.2 Å². The van der Waals surface area contributed by atoms with E-state index in [-0.39, 0.29) is 18.4 Å². The molecule has 3 aromatic rings. The first-order valence-electron chi connectivity index (χ1n) is 10.6. The van der Waals surface area contributed by atoms with Crippen LogP contribution < -0.4 is 5.32 Å². The lowest BCUT2D eigenvalue weighted by Gasteiger charge is -2.22. The molecule has 0 amide bonds. The molecule has 0 aliphatic heterocycles. The van der Waals surface area contributed by atoms with Crippen LogP contribution >= 0.6 is 15.9 Å². The number of fused-ring (bicyclic) bond motifs is 3. The number of hydrogen-bond donors (Lipinski definition) is 1. The molecule has 0 unspecified atom stereocenters. The molecule has 0 fully saturated rings. The smallest absolute Gasteiger partial charge is 0.276 e. The Bertz CT molecular complexity index is 1150. The fraction of sp³-hybridized carbons (Fsp3) is 0.417. The van der Waals surface area contributed by atoms with Gasteiger partial charge in [-0.3, -0.25) is 0 Å². The minimum absolute atomic E-state index is 0.193. The first-order valence-corrected chi connectivity index (χ1v) is 11.4. The zero-order valence-corrected chi connectivity index (χ0v) is 19.4. The second-order valence-electron chi connectivity index (χ2n) is 8.21. The van der Waals surface area contributed by atoms with E-state index in [1.54, 1.807) is 19.9 Å². The number of halogens is 4. The van der Waals surface area contributed by atoms with Crippen molar-refractivity contribution in [1.82, 2.24) is 9.97 Å². The van der Waals surface area contributed by atoms with Crippen molar-refractivity contribution < 1.29 is 13.2 Å². The molecule has 1 aromatic heterocycles. The Balaban J connectivity index is 1.75. The molecule has 0 radical (unpaired) electrons. The van der Waals surface area contributed by atoms with E-state index < -0.39 is 23.3 Å². The SMILES string of the molecule is CCCC(F)(F)c1cccc([C@@H](C)Nc2nc(C)nc3c4c(c(Br)cc23)CCC4)c1F. The number of anilines is 1. The van der Waals surface area contributed by atoms with E-state index >= 15 is 4.39 Å². The Morgan fingerprint density at radius 3 is 2.68 bits per heavy atom. The highest BCUT2D eigenvalue weighted by Gasteiger charge is 2.34. The summed E-state index contributed by atoms with van der Waals surface area (Å²) in [6.45, 7) is 5.24. The average Bonchev–Trinajstić information content (AvgIpc) is 3.20. The molecule has 1 atom stereocenters. The molecule has 2 aromatic carbocycles. The summed E-state index contributed by atoms with van der Waals surface area (Å²) in [5.41, 5.74) is 3.05. The fourth-order valence-corrected chi connectivity index (χ4v) is 5.11. The van der Waals surface area contributed by atoms with Crippen LogP contribution in [-0.4, -0.2) is 9.97 Å². The molecule has 1 heterocycles. The maximum atomic E-state index is 15.1. The van der Waals surface area contributed by atoms with Gasteiger partial charge in [-0.1, -0.05) is 47.5 Å². The van der Waals surface area contributed by atoms with Gasteiger partial charge in [0.15, 0.2) is 0 Å². The van der Waals surface area contributed by atoms with E-state index in [1.165, 1.54) is 23.3 Å². The number of benzene rings is 2. The summed E-state index contributed by atoms with van der Waals surface area (Å²) in [6.07, 6.45) is 2.94. The summed E-state index contributed by atoms with van der Waals surface area (Å²) < 4.78 is 45.0. The molecule has 4 rings (SSSR count). The van der Waals surface area contributed by atoms with E-state index in [4.69, 9.17) is 0 Å². The van der Waals surface area contributed by atoms with Gasteiger partial charge in [0.2, 0.25) is 0 Å². The third kappa shape index (κ3) is 4.04. The summed E-state index contributed by atoms with van der Waals surface area (Å²) in [7, 11) is 0. The third-order valence-electron chi connectivity index (χ3n) is 5.93. The lowest BCUT2D eigenvalue weighted by atomic mass is 9.97. The van der Waals surface area contributed by atoms with Crippen LogP contribution in [0.5, 0.6) is 0 Å². The van der Waals surface area contributed by atoms with Gasteiger partial charge in [-0.05, 0) is 50.3 Å². The van der Waals surface area contributed by atoms with Crippen molar-refractivity contribution in [3.8, 4) is 0 Å². The van der Waals surface area contributed by atoms with Crippen molar-refractivity contribution >= 4 is 32.7 Å². The van der Waals surface area contributed by atoms with E-state index in [1.807, 2.05) is 13.0 Å². The zero-order chi connectivity index (χ0) is 22.3. The van der Waals surface area contributed by atoms with Crippen LogP contribution in [0.15, 0.2) is 28.7 Å². The summed E-state index contributed by atoms with van der Waals surface area (Å²) in [6, 6.07) is 5.65. The Hall–Kier alpha value is -2.15. The number of aryl methyl sites for hydroxylation is 2. The molecule has 3 nitrogen and oxygen atoms in total. The predicted octanol–water partition coefficient (Wildman–Crippen LogP) is 7.39. The number of rotatable bonds is 6. The molecule has 0 saturated heterocycles. The van der Waals surface area contributed by atoms with Gasteiger partial charge in [0.25, 0.3) is 5.92 Å². The van der Waals surface area contributed by atoms with E-state index in [0.717, 1.165) is 34.6 Å². The minimum atomic E-state index is -3.20. The number of nitrogens with one attached hydrogen (secondary N) is 1. The Morgan fingerprint density at radius 1 is 1.19 bits per heavy atom. The highest BCUT2D eigenvalue weighted by molar-refractivity contribution is 9.10. The molecule has 1 N–H and O–H groups in total. The molecule has 0 spiro atoms. The van der Waals surface area contributed by atoms with Crippen LogP contribution in [0.3, 0.4) is 0 Å². The lowest BCUT2D eigenvalue weighted by Crippen LogP contribution is -2.18. The summed E-state index contributed by atoms with van der Waals surface area (Å²) >= 11 is 3.66. The molecule has 31 heavy (non-hydrogen) atoms. The van der Waals surface area contributed by atoms with Crippen molar-refractivity contribution in [2.45, 2.75) is 64.8 Å². The molecule has 7 heteroatoms. The molecule has 0 saturated carbocycles. The normalized spacial score (nSPS) is 14.7. The van der Waals surface area contributed by atoms with Crippen LogP contribution in [0, 0.1) is 12.7 Å². The topological polar surface area (TPSA) is 37.8 Å². The highest BCUT2D eigenvalue weighted by Crippen LogP contribution is 2.39. The van der Waals surface area contributed by atoms with Crippen LogP contribution in [-0.2, 0) is 18.8 Å². The van der Waals surface area contributed by atoms with Crippen LogP contribution in [0.2, 0.25) is 0 Å². The predicted molar refractivity (Wildman–Crippen MR) is 121 cm³/mol. The standard InChI is InChI=1S/C24H25BrF3N3/c1-4-11-24(27,28)19-10-6-7-15(21(19)26)13(2)29-23-18-12-20(25)16-8-5-9-17(16)22(18)30-14(3)31-23/h6-7,10,12-13H,4-5,8-9,11H2,1-3H3,(H,29,30,31)/t13-/m1/s1. The molecule has 1 aliphatic carbocycles. The van der Waals surface area contributed by atoms with Gasteiger partial charge in [-0.2, -0.15) is 0 Å². The zero-order valence-electron chi connectivity index (χ0n) is 17.8. The number of hydrogen-bond acceptors (Lipinski definition) is 3. The van der Waals surface area contributed by atoms with Crippen molar-refractivity contribution in [2.75, 3.05) is 5.32 Å². The van der Waals surface area contributed by atoms with E-state index in [9.17, 15) is 8.78 Å². The maximum Gasteiger partial charge on any atom is 0.276 e. The summed E-state index contributed by atoms with van der Waals surface area (Å²) in [5, 5.41) is 4.10. The first-order chi connectivity index (χ1) is 14.7. The average molecular weight is 492 g/mol. The van der Waals surface area contributed by atoms with Crippen LogP contribution in [0.25, 0.3) is 10.9 Å². The van der Waals surface area contributed by atoms with Crippen molar-refractivity contribution in [3.05, 3.63) is 62.6 Å². The highest BCUT2D eigenvalue weighted by atomic mass is 79.9. The number of nitrogens with zero attached hydrogens (tertiary/aromatic N) is 2. The Kier molecular flexibility index (Phi) is 5.99. The van der Waals surface area contributed by atoms with Gasteiger partial charge >= 0.3 is 0 Å². The van der Waals surface area contributed by atoms with Crippen molar-refractivity contribution in [2.24, 2.45) is 0 Å². The van der Waals surface area contributed by atoms with Crippen LogP contribution in [0.1, 0.15) is 67.2 Å². The van der Waals surface area contributed by atoms with Crippen molar-refractivity contribution in [3.63, 3.8) is 0 Å². The molecular weight excluding hydrogens is 467 g/mol. The number of aromatic nitrogens is 2.